The maximum absolute atomic E-state index is 12.1. The zero-order valence-electron chi connectivity index (χ0n) is 13.0. The minimum absolute atomic E-state index is 0.0741. The van der Waals surface area contributed by atoms with Gasteiger partial charge < -0.3 is 14.6 Å². The van der Waals surface area contributed by atoms with E-state index in [9.17, 15) is 14.7 Å². The number of carbonyl (C=O) groups is 2. The molecule has 0 fully saturated rings. The van der Waals surface area contributed by atoms with Gasteiger partial charge in [0.15, 0.2) is 0 Å². The number of aryl methyl sites for hydroxylation is 1. The number of furan rings is 1. The minimum atomic E-state index is -1.12. The minimum Gasteiger partial charge on any atom is -0.508 e. The van der Waals surface area contributed by atoms with Crippen molar-refractivity contribution < 1.29 is 24.2 Å². The van der Waals surface area contributed by atoms with Crippen LogP contribution in [0.3, 0.4) is 0 Å². The fourth-order valence-corrected chi connectivity index (χ4v) is 2.78. The van der Waals surface area contributed by atoms with E-state index in [0.29, 0.717) is 41.0 Å². The van der Waals surface area contributed by atoms with Gasteiger partial charge in [-0.3, -0.25) is 4.79 Å². The molecule has 0 radical (unpaired) electrons. The van der Waals surface area contributed by atoms with Crippen LogP contribution in [-0.4, -0.2) is 27.8 Å². The van der Waals surface area contributed by atoms with E-state index in [1.54, 1.807) is 6.92 Å². The molecule has 1 aliphatic carbocycles. The maximum Gasteiger partial charge on any atom is 0.372 e. The molecule has 2 aromatic rings. The average molecular weight is 328 g/mol. The largest absolute Gasteiger partial charge is 0.508 e. The van der Waals surface area contributed by atoms with Crippen molar-refractivity contribution >= 4 is 17.6 Å². The number of hydrogen-bond acceptors (Lipinski definition) is 5. The van der Waals surface area contributed by atoms with E-state index in [0.717, 1.165) is 6.42 Å². The number of amides is 1. The number of nitrogens with zero attached hydrogens (tertiary/aromatic N) is 1. The summed E-state index contributed by atoms with van der Waals surface area (Å²) >= 11 is 0. The number of carboxylic acids is 1. The van der Waals surface area contributed by atoms with Gasteiger partial charge in [0.25, 0.3) is 5.91 Å². The fraction of sp³-hybridized carbons (Fsp3) is 0.235. The number of hydrazone groups is 1. The number of nitrogens with one attached hydrogen (secondary N) is 1. The van der Waals surface area contributed by atoms with Crippen LogP contribution >= 0.6 is 0 Å². The third kappa shape index (κ3) is 2.88. The number of phenols is 1. The van der Waals surface area contributed by atoms with E-state index in [2.05, 4.69) is 10.5 Å². The molecule has 0 atom stereocenters. The summed E-state index contributed by atoms with van der Waals surface area (Å²) in [7, 11) is 0. The maximum atomic E-state index is 12.1. The Kier molecular flexibility index (Phi) is 4.07. The van der Waals surface area contributed by atoms with Crippen LogP contribution in [0.25, 0.3) is 0 Å². The molecule has 1 amide bonds. The molecule has 0 aliphatic heterocycles. The molecular weight excluding hydrogens is 312 g/mol. The summed E-state index contributed by atoms with van der Waals surface area (Å²) in [6, 6.07) is 5.81. The van der Waals surface area contributed by atoms with Gasteiger partial charge >= 0.3 is 5.97 Å². The number of carboxylic acid groups (broad SMARTS) is 1. The second kappa shape index (κ2) is 6.19. The van der Waals surface area contributed by atoms with Crippen molar-refractivity contribution in [1.82, 2.24) is 5.43 Å². The number of aromatic carboxylic acids is 1. The molecule has 24 heavy (non-hydrogen) atoms. The van der Waals surface area contributed by atoms with Crippen LogP contribution in [0.2, 0.25) is 0 Å². The lowest BCUT2D eigenvalue weighted by Gasteiger charge is -2.13. The quantitative estimate of drug-likeness (QED) is 0.749. The predicted octanol–water partition coefficient (Wildman–Crippen LogP) is 2.46. The summed E-state index contributed by atoms with van der Waals surface area (Å²) < 4.78 is 5.41. The molecule has 1 aromatic heterocycles. The molecule has 0 unspecified atom stereocenters. The average Bonchev–Trinajstić information content (AvgIpc) is 2.91. The summed E-state index contributed by atoms with van der Waals surface area (Å²) in [5.41, 5.74) is 4.64. The second-order valence-electron chi connectivity index (χ2n) is 5.56. The van der Waals surface area contributed by atoms with E-state index in [-0.39, 0.29) is 11.5 Å². The van der Waals surface area contributed by atoms with Gasteiger partial charge in [0.2, 0.25) is 5.76 Å². The van der Waals surface area contributed by atoms with Crippen molar-refractivity contribution in [2.24, 2.45) is 5.10 Å². The molecular formula is C17H16N2O5. The van der Waals surface area contributed by atoms with Crippen molar-refractivity contribution in [2.75, 3.05) is 0 Å². The summed E-state index contributed by atoms with van der Waals surface area (Å²) in [5.74, 6) is -0.943. The molecule has 0 saturated heterocycles. The van der Waals surface area contributed by atoms with Crippen molar-refractivity contribution in [1.29, 1.82) is 0 Å². The molecule has 3 N–H and O–H groups in total. The van der Waals surface area contributed by atoms with Crippen molar-refractivity contribution in [3.05, 3.63) is 52.5 Å². The summed E-state index contributed by atoms with van der Waals surface area (Å²) in [6.45, 7) is 1.68. The Morgan fingerprint density at radius 2 is 1.92 bits per heavy atom. The first-order chi connectivity index (χ1) is 11.5. The third-order valence-corrected chi connectivity index (χ3v) is 3.94. The lowest BCUT2D eigenvalue weighted by atomic mass is 9.93. The highest BCUT2D eigenvalue weighted by atomic mass is 16.4. The molecule has 0 saturated carbocycles. The zero-order chi connectivity index (χ0) is 17.3. The van der Waals surface area contributed by atoms with Crippen molar-refractivity contribution in [2.45, 2.75) is 26.2 Å². The number of fused-ring (bicyclic) bond motifs is 1. The van der Waals surface area contributed by atoms with E-state index >= 15 is 0 Å². The molecule has 0 spiro atoms. The number of benzene rings is 1. The van der Waals surface area contributed by atoms with Gasteiger partial charge in [0.05, 0.1) is 5.71 Å². The zero-order valence-corrected chi connectivity index (χ0v) is 13.0. The molecule has 124 valence electrons. The summed E-state index contributed by atoms with van der Waals surface area (Å²) in [6.07, 6.45) is 2.05. The van der Waals surface area contributed by atoms with Gasteiger partial charge in [-0.15, -0.1) is 0 Å². The van der Waals surface area contributed by atoms with Crippen molar-refractivity contribution in [3.63, 3.8) is 0 Å². The number of hydrogen-bond donors (Lipinski definition) is 3. The standard InChI is InChI=1S/C17H16N2O5/c1-9-14-12(3-2-4-13(14)24-15(9)17(22)23)18-19-16(21)10-5-7-11(20)8-6-10/h5-8,20H,2-4H2,1H3,(H,19,21)(H,22,23)/b18-12+. The highest BCUT2D eigenvalue weighted by molar-refractivity contribution is 6.06. The molecule has 1 aliphatic rings. The number of rotatable bonds is 3. The molecule has 3 rings (SSSR count). The Balaban J connectivity index is 1.86. The number of carbonyl (C=O) groups excluding carboxylic acids is 1. The predicted molar refractivity (Wildman–Crippen MR) is 85.5 cm³/mol. The van der Waals surface area contributed by atoms with Gasteiger partial charge in [-0.25, -0.2) is 10.2 Å². The monoisotopic (exact) mass is 328 g/mol. The van der Waals surface area contributed by atoms with Crippen LogP contribution in [0.5, 0.6) is 5.75 Å². The highest BCUT2D eigenvalue weighted by Crippen LogP contribution is 2.29. The van der Waals surface area contributed by atoms with Gasteiger partial charge in [0, 0.05) is 23.1 Å². The normalized spacial score (nSPS) is 15.1. The Labute approximate surface area is 137 Å². The Morgan fingerprint density at radius 1 is 1.21 bits per heavy atom. The van der Waals surface area contributed by atoms with E-state index < -0.39 is 11.9 Å². The first kappa shape index (κ1) is 15.8. The van der Waals surface area contributed by atoms with Crippen LogP contribution in [0.1, 0.15) is 50.6 Å². The van der Waals surface area contributed by atoms with Crippen LogP contribution in [0.15, 0.2) is 33.8 Å². The summed E-state index contributed by atoms with van der Waals surface area (Å²) in [5, 5.41) is 22.6. The van der Waals surface area contributed by atoms with E-state index in [1.807, 2.05) is 0 Å². The third-order valence-electron chi connectivity index (χ3n) is 3.94. The van der Waals surface area contributed by atoms with E-state index in [4.69, 9.17) is 9.52 Å². The Hall–Kier alpha value is -3.09. The molecule has 7 nitrogen and oxygen atoms in total. The smallest absolute Gasteiger partial charge is 0.372 e. The number of phenolic OH excluding ortho intramolecular Hbond substituents is 1. The second-order valence-corrected chi connectivity index (χ2v) is 5.56. The number of aromatic hydroxyl groups is 1. The van der Waals surface area contributed by atoms with Crippen LogP contribution < -0.4 is 5.43 Å². The van der Waals surface area contributed by atoms with E-state index in [1.165, 1.54) is 24.3 Å². The Morgan fingerprint density at radius 3 is 2.58 bits per heavy atom. The Bertz CT molecular complexity index is 833. The summed E-state index contributed by atoms with van der Waals surface area (Å²) in [4.78, 5) is 23.3. The topological polar surface area (TPSA) is 112 Å². The molecule has 0 bridgehead atoms. The van der Waals surface area contributed by atoms with Gasteiger partial charge in [-0.05, 0) is 44.0 Å². The highest BCUT2D eigenvalue weighted by Gasteiger charge is 2.27. The lowest BCUT2D eigenvalue weighted by Crippen LogP contribution is -2.22. The SMILES string of the molecule is Cc1c(C(=O)O)oc2c1/C(=N/NC(=O)c1ccc(O)cc1)CCC2. The first-order valence-electron chi connectivity index (χ1n) is 7.49. The molecule has 1 heterocycles. The van der Waals surface area contributed by atoms with Gasteiger partial charge in [-0.1, -0.05) is 0 Å². The van der Waals surface area contributed by atoms with Gasteiger partial charge in [0.1, 0.15) is 11.5 Å². The van der Waals surface area contributed by atoms with Crippen molar-refractivity contribution in [3.8, 4) is 5.75 Å². The molecule has 7 heteroatoms. The fourth-order valence-electron chi connectivity index (χ4n) is 2.78. The molecule has 1 aromatic carbocycles. The lowest BCUT2D eigenvalue weighted by molar-refractivity contribution is 0.0659. The van der Waals surface area contributed by atoms with Gasteiger partial charge in [-0.2, -0.15) is 5.10 Å². The van der Waals surface area contributed by atoms with Crippen LogP contribution in [0.4, 0.5) is 0 Å². The van der Waals surface area contributed by atoms with Crippen LogP contribution in [0, 0.1) is 6.92 Å². The van der Waals surface area contributed by atoms with Crippen LogP contribution in [-0.2, 0) is 6.42 Å². The first-order valence-corrected chi connectivity index (χ1v) is 7.49.